The molecule has 0 spiro atoms. The van der Waals surface area contributed by atoms with Crippen LogP contribution in [0.1, 0.15) is 11.1 Å². The third kappa shape index (κ3) is 2.76. The van der Waals surface area contributed by atoms with E-state index < -0.39 is 18.3 Å². The molecule has 6 heteroatoms. The molecule has 1 aromatic rings. The fourth-order valence-corrected chi connectivity index (χ4v) is 2.09. The molecule has 0 bridgehead atoms. The van der Waals surface area contributed by atoms with Crippen molar-refractivity contribution in [3.8, 4) is 0 Å². The fraction of sp³-hybridized carbons (Fsp3) is 0.500. The summed E-state index contributed by atoms with van der Waals surface area (Å²) in [6.07, 6.45) is -4.43. The van der Waals surface area contributed by atoms with E-state index in [1.54, 1.807) is 6.07 Å². The van der Waals surface area contributed by atoms with Gasteiger partial charge in [-0.05, 0) is 17.7 Å². The van der Waals surface area contributed by atoms with Crippen LogP contribution in [-0.2, 0) is 12.8 Å². The Bertz CT molecular complexity index is 414. The van der Waals surface area contributed by atoms with Crippen LogP contribution >= 0.6 is 0 Å². The van der Waals surface area contributed by atoms with Gasteiger partial charge in [-0.15, -0.1) is 0 Å². The molecule has 100 valence electrons. The summed E-state index contributed by atoms with van der Waals surface area (Å²) in [5.41, 5.74) is -0.275. The number of halogens is 3. The van der Waals surface area contributed by atoms with Crippen LogP contribution in [0.4, 0.5) is 18.9 Å². The topological polar surface area (TPSA) is 35.5 Å². The van der Waals surface area contributed by atoms with Gasteiger partial charge in [-0.1, -0.05) is 6.07 Å². The number of aliphatic hydroxyl groups excluding tert-OH is 1. The highest BCUT2D eigenvalue weighted by atomic mass is 19.4. The molecule has 2 N–H and O–H groups in total. The van der Waals surface area contributed by atoms with Gasteiger partial charge in [0.2, 0.25) is 0 Å². The van der Waals surface area contributed by atoms with E-state index in [1.807, 2.05) is 4.90 Å². The largest absolute Gasteiger partial charge is 0.416 e. The van der Waals surface area contributed by atoms with E-state index in [0.29, 0.717) is 18.8 Å². The molecule has 0 aliphatic carbocycles. The zero-order chi connectivity index (χ0) is 13.2. The van der Waals surface area contributed by atoms with Gasteiger partial charge in [0.1, 0.15) is 0 Å². The smallest absolute Gasteiger partial charge is 0.392 e. The van der Waals surface area contributed by atoms with Crippen LogP contribution < -0.4 is 10.2 Å². The third-order valence-corrected chi connectivity index (χ3v) is 3.05. The van der Waals surface area contributed by atoms with Crippen LogP contribution in [0.25, 0.3) is 0 Å². The zero-order valence-electron chi connectivity index (χ0n) is 9.80. The summed E-state index contributed by atoms with van der Waals surface area (Å²) in [7, 11) is 0. The molecule has 1 aliphatic heterocycles. The quantitative estimate of drug-likeness (QED) is 0.848. The number of hydrogen-bond acceptors (Lipinski definition) is 3. The van der Waals surface area contributed by atoms with Crippen LogP contribution in [0.3, 0.4) is 0 Å². The molecule has 1 aliphatic rings. The Morgan fingerprint density at radius 2 is 1.89 bits per heavy atom. The first-order valence-electron chi connectivity index (χ1n) is 5.79. The molecule has 1 aromatic carbocycles. The number of alkyl halides is 3. The van der Waals surface area contributed by atoms with E-state index in [0.717, 1.165) is 19.2 Å². The number of nitrogens with one attached hydrogen (secondary N) is 1. The molecular weight excluding hydrogens is 245 g/mol. The van der Waals surface area contributed by atoms with Crippen molar-refractivity contribution in [1.29, 1.82) is 0 Å². The van der Waals surface area contributed by atoms with Crippen molar-refractivity contribution in [3.05, 3.63) is 29.3 Å². The van der Waals surface area contributed by atoms with Gasteiger partial charge < -0.3 is 15.3 Å². The number of piperazine rings is 1. The van der Waals surface area contributed by atoms with Crippen LogP contribution in [0.5, 0.6) is 0 Å². The normalized spacial score (nSPS) is 17.0. The highest BCUT2D eigenvalue weighted by Crippen LogP contribution is 2.34. The monoisotopic (exact) mass is 260 g/mol. The van der Waals surface area contributed by atoms with Crippen molar-refractivity contribution in [2.75, 3.05) is 31.1 Å². The molecule has 1 saturated heterocycles. The van der Waals surface area contributed by atoms with Crippen molar-refractivity contribution < 1.29 is 18.3 Å². The van der Waals surface area contributed by atoms with Crippen molar-refractivity contribution in [1.82, 2.24) is 5.32 Å². The molecule has 18 heavy (non-hydrogen) atoms. The lowest BCUT2D eigenvalue weighted by molar-refractivity contribution is -0.138. The Morgan fingerprint density at radius 3 is 2.44 bits per heavy atom. The number of aliphatic hydroxyl groups is 1. The molecule has 0 aromatic heterocycles. The van der Waals surface area contributed by atoms with E-state index in [9.17, 15) is 13.2 Å². The maximum atomic E-state index is 12.8. The van der Waals surface area contributed by atoms with Crippen molar-refractivity contribution in [2.45, 2.75) is 12.8 Å². The number of rotatable bonds is 2. The minimum Gasteiger partial charge on any atom is -0.392 e. The highest BCUT2D eigenvalue weighted by Gasteiger charge is 2.33. The molecule has 0 unspecified atom stereocenters. The minimum atomic E-state index is -4.43. The number of nitrogens with zero attached hydrogens (tertiary/aromatic N) is 1. The van der Waals surface area contributed by atoms with E-state index in [2.05, 4.69) is 5.32 Å². The average molecular weight is 260 g/mol. The molecule has 0 saturated carbocycles. The van der Waals surface area contributed by atoms with E-state index in [1.165, 1.54) is 6.07 Å². The van der Waals surface area contributed by atoms with Crippen LogP contribution in [0.2, 0.25) is 0 Å². The summed E-state index contributed by atoms with van der Waals surface area (Å²) in [5.74, 6) is 0. The van der Waals surface area contributed by atoms with Gasteiger partial charge in [-0.25, -0.2) is 0 Å². The summed E-state index contributed by atoms with van der Waals surface area (Å²) in [4.78, 5) is 1.91. The summed E-state index contributed by atoms with van der Waals surface area (Å²) >= 11 is 0. The van der Waals surface area contributed by atoms with Gasteiger partial charge >= 0.3 is 6.18 Å². The molecule has 0 radical (unpaired) electrons. The van der Waals surface area contributed by atoms with Gasteiger partial charge in [0.05, 0.1) is 12.2 Å². The first-order valence-corrected chi connectivity index (χ1v) is 5.79. The first kappa shape index (κ1) is 13.2. The van der Waals surface area contributed by atoms with E-state index in [-0.39, 0.29) is 5.56 Å². The summed E-state index contributed by atoms with van der Waals surface area (Å²) < 4.78 is 38.5. The number of benzene rings is 1. The predicted molar refractivity (Wildman–Crippen MR) is 62.4 cm³/mol. The fourth-order valence-electron chi connectivity index (χ4n) is 2.09. The second-order valence-corrected chi connectivity index (χ2v) is 4.23. The van der Waals surface area contributed by atoms with Crippen LogP contribution in [0.15, 0.2) is 18.2 Å². The summed E-state index contributed by atoms with van der Waals surface area (Å²) in [6.45, 7) is 2.31. The lowest BCUT2D eigenvalue weighted by Crippen LogP contribution is -2.43. The van der Waals surface area contributed by atoms with Gasteiger partial charge in [-0.3, -0.25) is 0 Å². The standard InChI is InChI=1S/C12H15F3N2O/c13-12(14,15)11-7-10(2-1-9(11)8-18)17-5-3-16-4-6-17/h1-2,7,16,18H,3-6,8H2. The van der Waals surface area contributed by atoms with Crippen molar-refractivity contribution in [2.24, 2.45) is 0 Å². The second-order valence-electron chi connectivity index (χ2n) is 4.23. The van der Waals surface area contributed by atoms with E-state index in [4.69, 9.17) is 5.11 Å². The Balaban J connectivity index is 2.33. The lowest BCUT2D eigenvalue weighted by atomic mass is 10.1. The number of hydrogen-bond donors (Lipinski definition) is 2. The average Bonchev–Trinajstić information content (AvgIpc) is 2.38. The molecule has 1 heterocycles. The van der Waals surface area contributed by atoms with Crippen molar-refractivity contribution >= 4 is 5.69 Å². The molecule has 2 rings (SSSR count). The minimum absolute atomic E-state index is 0.0821. The highest BCUT2D eigenvalue weighted by molar-refractivity contribution is 5.52. The van der Waals surface area contributed by atoms with Gasteiger partial charge in [0.25, 0.3) is 0 Å². The second kappa shape index (κ2) is 5.16. The molecular formula is C12H15F3N2O. The molecule has 3 nitrogen and oxygen atoms in total. The van der Waals surface area contributed by atoms with Gasteiger partial charge in [0, 0.05) is 31.9 Å². The van der Waals surface area contributed by atoms with Crippen LogP contribution in [-0.4, -0.2) is 31.3 Å². The summed E-state index contributed by atoms with van der Waals surface area (Å²) in [6, 6.07) is 4.10. The Kier molecular flexibility index (Phi) is 3.77. The first-order chi connectivity index (χ1) is 8.52. The Morgan fingerprint density at radius 1 is 1.22 bits per heavy atom. The van der Waals surface area contributed by atoms with E-state index >= 15 is 0 Å². The summed E-state index contributed by atoms with van der Waals surface area (Å²) in [5, 5.41) is 12.1. The Hall–Kier alpha value is -1.27. The number of anilines is 1. The third-order valence-electron chi connectivity index (χ3n) is 3.05. The van der Waals surface area contributed by atoms with Gasteiger partial charge in [0.15, 0.2) is 0 Å². The lowest BCUT2D eigenvalue weighted by Gasteiger charge is -2.30. The van der Waals surface area contributed by atoms with Gasteiger partial charge in [-0.2, -0.15) is 13.2 Å². The SMILES string of the molecule is OCc1ccc(N2CCNCC2)cc1C(F)(F)F. The molecule has 0 atom stereocenters. The maximum Gasteiger partial charge on any atom is 0.416 e. The van der Waals surface area contributed by atoms with Crippen molar-refractivity contribution in [3.63, 3.8) is 0 Å². The van der Waals surface area contributed by atoms with Crippen LogP contribution in [0, 0.1) is 0 Å². The molecule has 1 fully saturated rings. The maximum absolute atomic E-state index is 12.8. The predicted octanol–water partition coefficient (Wildman–Crippen LogP) is 1.61. The zero-order valence-corrected chi connectivity index (χ0v) is 9.80. The Labute approximate surface area is 103 Å². The molecule has 0 amide bonds.